The summed E-state index contributed by atoms with van der Waals surface area (Å²) in [7, 11) is 1.62. The van der Waals surface area contributed by atoms with Crippen molar-refractivity contribution in [1.29, 1.82) is 5.26 Å². The Labute approximate surface area is 77.2 Å². The van der Waals surface area contributed by atoms with E-state index in [2.05, 4.69) is 0 Å². The third-order valence-electron chi connectivity index (χ3n) is 1.73. The first-order chi connectivity index (χ1) is 6.27. The molecule has 0 amide bonds. The summed E-state index contributed by atoms with van der Waals surface area (Å²) in [6.07, 6.45) is -1.03. The van der Waals surface area contributed by atoms with Crippen molar-refractivity contribution >= 4 is 0 Å². The Morgan fingerprint density at radius 2 is 2.08 bits per heavy atom. The number of rotatable bonds is 3. The molecule has 1 aromatic carbocycles. The molecule has 0 aliphatic heterocycles. The monoisotopic (exact) mass is 177 g/mol. The summed E-state index contributed by atoms with van der Waals surface area (Å²) < 4.78 is 4.93. The van der Waals surface area contributed by atoms with E-state index in [0.29, 0.717) is 12.2 Å². The van der Waals surface area contributed by atoms with Crippen molar-refractivity contribution in [3.05, 3.63) is 35.4 Å². The van der Waals surface area contributed by atoms with Crippen molar-refractivity contribution in [3.8, 4) is 6.07 Å². The largest absolute Gasteiger partial charge is 0.380 e. The van der Waals surface area contributed by atoms with E-state index in [4.69, 9.17) is 15.1 Å². The molecule has 0 bridgehead atoms. The van der Waals surface area contributed by atoms with E-state index in [1.807, 2.05) is 12.1 Å². The molecule has 1 atom stereocenters. The van der Waals surface area contributed by atoms with Gasteiger partial charge < -0.3 is 9.84 Å². The minimum Gasteiger partial charge on any atom is -0.380 e. The first-order valence-corrected chi connectivity index (χ1v) is 3.93. The zero-order chi connectivity index (χ0) is 9.68. The molecule has 0 aliphatic carbocycles. The molecule has 13 heavy (non-hydrogen) atoms. The van der Waals surface area contributed by atoms with Gasteiger partial charge in [0.25, 0.3) is 0 Å². The maximum absolute atomic E-state index is 9.16. The van der Waals surface area contributed by atoms with Gasteiger partial charge in [-0.15, -0.1) is 0 Å². The molecular formula is C10H11NO2. The molecule has 1 N–H and O–H groups in total. The number of nitrogens with zero attached hydrogens (tertiary/aromatic N) is 1. The molecule has 68 valence electrons. The highest BCUT2D eigenvalue weighted by atomic mass is 16.5. The first-order valence-electron chi connectivity index (χ1n) is 3.93. The van der Waals surface area contributed by atoms with Crippen LogP contribution in [0.3, 0.4) is 0 Å². The Balaban J connectivity index is 2.76. The number of nitriles is 1. The van der Waals surface area contributed by atoms with Crippen LogP contribution < -0.4 is 0 Å². The zero-order valence-electron chi connectivity index (χ0n) is 7.40. The van der Waals surface area contributed by atoms with E-state index >= 15 is 0 Å². The lowest BCUT2D eigenvalue weighted by atomic mass is 10.1. The highest BCUT2D eigenvalue weighted by Gasteiger charge is 2.03. The third-order valence-corrected chi connectivity index (χ3v) is 1.73. The van der Waals surface area contributed by atoms with Crippen LogP contribution in [0.5, 0.6) is 0 Å². The second-order valence-electron chi connectivity index (χ2n) is 2.71. The summed E-state index contributed by atoms with van der Waals surface area (Å²) >= 11 is 0. The lowest BCUT2D eigenvalue weighted by Crippen LogP contribution is -1.94. The summed E-state index contributed by atoms with van der Waals surface area (Å²) in [5, 5.41) is 17.6. The Bertz CT molecular complexity index is 300. The van der Waals surface area contributed by atoms with Gasteiger partial charge in [-0.25, -0.2) is 0 Å². The number of aliphatic hydroxyl groups excluding tert-OH is 1. The molecule has 0 spiro atoms. The normalized spacial score (nSPS) is 12.1. The summed E-state index contributed by atoms with van der Waals surface area (Å²) in [6.45, 7) is 0.545. The number of hydrogen-bond acceptors (Lipinski definition) is 3. The highest BCUT2D eigenvalue weighted by molar-refractivity contribution is 5.26. The van der Waals surface area contributed by atoms with Crippen molar-refractivity contribution in [2.75, 3.05) is 7.11 Å². The Morgan fingerprint density at radius 3 is 2.54 bits per heavy atom. The van der Waals surface area contributed by atoms with Crippen LogP contribution in [-0.2, 0) is 11.3 Å². The lowest BCUT2D eigenvalue weighted by molar-refractivity contribution is 0.184. The third kappa shape index (κ3) is 2.55. The van der Waals surface area contributed by atoms with Crippen LogP contribution in [0.2, 0.25) is 0 Å². The SMILES string of the molecule is COCc1ccc(C(O)C#N)cc1. The van der Waals surface area contributed by atoms with Gasteiger partial charge in [0.2, 0.25) is 0 Å². The number of methoxy groups -OCH3 is 1. The summed E-state index contributed by atoms with van der Waals surface area (Å²) in [5.74, 6) is 0. The van der Waals surface area contributed by atoms with E-state index in [9.17, 15) is 0 Å². The second kappa shape index (κ2) is 4.61. The smallest absolute Gasteiger partial charge is 0.165 e. The van der Waals surface area contributed by atoms with Gasteiger partial charge in [-0.1, -0.05) is 24.3 Å². The Kier molecular flexibility index (Phi) is 3.44. The van der Waals surface area contributed by atoms with Gasteiger partial charge in [0.1, 0.15) is 0 Å². The van der Waals surface area contributed by atoms with E-state index in [-0.39, 0.29) is 0 Å². The van der Waals surface area contributed by atoms with Gasteiger partial charge in [-0.2, -0.15) is 5.26 Å². The fraction of sp³-hybridized carbons (Fsp3) is 0.300. The minimum absolute atomic E-state index is 0.545. The van der Waals surface area contributed by atoms with Crippen LogP contribution in [-0.4, -0.2) is 12.2 Å². The van der Waals surface area contributed by atoms with Crippen molar-refractivity contribution in [3.63, 3.8) is 0 Å². The van der Waals surface area contributed by atoms with Crippen LogP contribution in [0.1, 0.15) is 17.2 Å². The van der Waals surface area contributed by atoms with Gasteiger partial charge >= 0.3 is 0 Å². The number of hydrogen-bond donors (Lipinski definition) is 1. The van der Waals surface area contributed by atoms with E-state index in [0.717, 1.165) is 5.56 Å². The predicted molar refractivity (Wildman–Crippen MR) is 47.7 cm³/mol. The average molecular weight is 177 g/mol. The molecule has 0 aromatic heterocycles. The number of aliphatic hydroxyl groups is 1. The Morgan fingerprint density at radius 1 is 1.46 bits per heavy atom. The van der Waals surface area contributed by atoms with Crippen LogP contribution >= 0.6 is 0 Å². The van der Waals surface area contributed by atoms with Crippen LogP contribution in [0.15, 0.2) is 24.3 Å². The zero-order valence-corrected chi connectivity index (χ0v) is 7.40. The second-order valence-corrected chi connectivity index (χ2v) is 2.71. The van der Waals surface area contributed by atoms with E-state index in [1.54, 1.807) is 25.3 Å². The lowest BCUT2D eigenvalue weighted by Gasteiger charge is -2.03. The molecule has 1 rings (SSSR count). The van der Waals surface area contributed by atoms with E-state index in [1.165, 1.54) is 0 Å². The average Bonchev–Trinajstić information content (AvgIpc) is 2.18. The number of benzene rings is 1. The summed E-state index contributed by atoms with van der Waals surface area (Å²) in [5.41, 5.74) is 1.64. The molecule has 1 unspecified atom stereocenters. The summed E-state index contributed by atoms with van der Waals surface area (Å²) in [6, 6.07) is 8.87. The van der Waals surface area contributed by atoms with Crippen molar-refractivity contribution in [1.82, 2.24) is 0 Å². The van der Waals surface area contributed by atoms with Crippen LogP contribution in [0.4, 0.5) is 0 Å². The fourth-order valence-corrected chi connectivity index (χ4v) is 1.04. The molecule has 0 saturated heterocycles. The van der Waals surface area contributed by atoms with Crippen molar-refractivity contribution in [2.24, 2.45) is 0 Å². The van der Waals surface area contributed by atoms with Crippen molar-refractivity contribution in [2.45, 2.75) is 12.7 Å². The van der Waals surface area contributed by atoms with E-state index < -0.39 is 6.10 Å². The van der Waals surface area contributed by atoms with Gasteiger partial charge in [0.15, 0.2) is 6.10 Å². The maximum atomic E-state index is 9.16. The van der Waals surface area contributed by atoms with Gasteiger partial charge in [0, 0.05) is 7.11 Å². The quantitative estimate of drug-likeness (QED) is 0.710. The van der Waals surface area contributed by atoms with Crippen LogP contribution in [0, 0.1) is 11.3 Å². The molecule has 0 radical (unpaired) electrons. The fourth-order valence-electron chi connectivity index (χ4n) is 1.04. The first kappa shape index (κ1) is 9.72. The predicted octanol–water partition coefficient (Wildman–Crippen LogP) is 1.39. The molecule has 3 nitrogen and oxygen atoms in total. The van der Waals surface area contributed by atoms with Gasteiger partial charge in [0.05, 0.1) is 12.7 Å². The molecule has 0 fully saturated rings. The molecule has 3 heteroatoms. The topological polar surface area (TPSA) is 53.2 Å². The minimum atomic E-state index is -1.03. The molecular weight excluding hydrogens is 166 g/mol. The molecule has 0 saturated carbocycles. The van der Waals surface area contributed by atoms with Crippen molar-refractivity contribution < 1.29 is 9.84 Å². The number of ether oxygens (including phenoxy) is 1. The Hall–Kier alpha value is -1.37. The summed E-state index contributed by atoms with van der Waals surface area (Å²) in [4.78, 5) is 0. The molecule has 0 heterocycles. The molecule has 0 aliphatic rings. The highest BCUT2D eigenvalue weighted by Crippen LogP contribution is 2.12. The van der Waals surface area contributed by atoms with Crippen LogP contribution in [0.25, 0.3) is 0 Å². The van der Waals surface area contributed by atoms with Gasteiger partial charge in [-0.05, 0) is 11.1 Å². The maximum Gasteiger partial charge on any atom is 0.165 e. The molecule has 1 aromatic rings. The standard InChI is InChI=1S/C10H11NO2/c1-13-7-8-2-4-9(5-3-8)10(12)6-11/h2-5,10,12H,7H2,1H3. The van der Waals surface area contributed by atoms with Gasteiger partial charge in [-0.3, -0.25) is 0 Å².